The van der Waals surface area contributed by atoms with Crippen molar-refractivity contribution >= 4 is 28.4 Å². The Hall–Kier alpha value is -1.44. The molecule has 1 N–H and O–H groups in total. The molecule has 0 spiro atoms. The van der Waals surface area contributed by atoms with Gasteiger partial charge >= 0.3 is 0 Å². The van der Waals surface area contributed by atoms with E-state index in [1.54, 1.807) is 10.8 Å². The Bertz CT molecular complexity index is 639. The van der Waals surface area contributed by atoms with Gasteiger partial charge in [0.2, 0.25) is 0 Å². The van der Waals surface area contributed by atoms with Crippen LogP contribution in [0.25, 0.3) is 0 Å². The molecule has 2 rings (SSSR count). The van der Waals surface area contributed by atoms with Gasteiger partial charge < -0.3 is 5.32 Å². The number of hydrogen-bond donors (Lipinski definition) is 1. The van der Waals surface area contributed by atoms with E-state index in [1.807, 2.05) is 54.6 Å². The average molecular weight is 370 g/mol. The first-order chi connectivity index (χ1) is 9.11. The summed E-state index contributed by atoms with van der Waals surface area (Å²) in [6.07, 6.45) is 1.59. The summed E-state index contributed by atoms with van der Waals surface area (Å²) in [4.78, 5) is 20.8. The number of nitrogens with zero attached hydrogens (tertiary/aromatic N) is 3. The zero-order valence-electron chi connectivity index (χ0n) is 10.9. The highest BCUT2D eigenvalue weighted by atomic mass is 127. The van der Waals surface area contributed by atoms with Crippen LogP contribution in [0, 0.1) is 10.5 Å². The SMILES string of the molecule is CCNc1cccc(Cn2c(C)ncc(I)c2=O)n1. The molecule has 0 aliphatic heterocycles. The predicted molar refractivity (Wildman–Crippen MR) is 83.5 cm³/mol. The summed E-state index contributed by atoms with van der Waals surface area (Å²) in [7, 11) is 0. The topological polar surface area (TPSA) is 59.8 Å². The second kappa shape index (κ2) is 6.14. The Labute approximate surface area is 125 Å². The van der Waals surface area contributed by atoms with Crippen molar-refractivity contribution in [3.63, 3.8) is 0 Å². The Morgan fingerprint density at radius 1 is 1.42 bits per heavy atom. The van der Waals surface area contributed by atoms with Gasteiger partial charge in [0.15, 0.2) is 0 Å². The van der Waals surface area contributed by atoms with E-state index >= 15 is 0 Å². The number of rotatable bonds is 4. The minimum atomic E-state index is -0.0243. The van der Waals surface area contributed by atoms with E-state index < -0.39 is 0 Å². The van der Waals surface area contributed by atoms with Crippen molar-refractivity contribution < 1.29 is 0 Å². The third-order valence-electron chi connectivity index (χ3n) is 2.69. The molecule has 0 saturated heterocycles. The summed E-state index contributed by atoms with van der Waals surface area (Å²) >= 11 is 2.00. The van der Waals surface area contributed by atoms with Crippen molar-refractivity contribution in [3.8, 4) is 0 Å². The maximum Gasteiger partial charge on any atom is 0.267 e. The van der Waals surface area contributed by atoms with Crippen LogP contribution in [0.5, 0.6) is 0 Å². The first kappa shape index (κ1) is 14.0. The number of aromatic nitrogens is 3. The van der Waals surface area contributed by atoms with Crippen LogP contribution in [0.1, 0.15) is 18.4 Å². The minimum absolute atomic E-state index is 0.0243. The molecule has 0 aliphatic carbocycles. The molecule has 19 heavy (non-hydrogen) atoms. The predicted octanol–water partition coefficient (Wildman–Crippen LogP) is 2.03. The molecule has 0 radical (unpaired) electrons. The molecule has 2 aromatic heterocycles. The molecule has 6 heteroatoms. The Morgan fingerprint density at radius 2 is 2.21 bits per heavy atom. The quantitative estimate of drug-likeness (QED) is 0.837. The Balaban J connectivity index is 2.34. The molecule has 0 amide bonds. The number of hydrogen-bond acceptors (Lipinski definition) is 4. The van der Waals surface area contributed by atoms with Gasteiger partial charge in [-0.05, 0) is 48.6 Å². The maximum atomic E-state index is 12.1. The van der Waals surface area contributed by atoms with Crippen molar-refractivity contribution in [1.29, 1.82) is 0 Å². The summed E-state index contributed by atoms with van der Waals surface area (Å²) in [5.74, 6) is 1.52. The van der Waals surface area contributed by atoms with E-state index in [4.69, 9.17) is 0 Å². The highest BCUT2D eigenvalue weighted by molar-refractivity contribution is 14.1. The molecule has 0 aromatic carbocycles. The molecule has 2 heterocycles. The van der Waals surface area contributed by atoms with Crippen molar-refractivity contribution in [2.24, 2.45) is 0 Å². The van der Waals surface area contributed by atoms with Crippen molar-refractivity contribution in [1.82, 2.24) is 14.5 Å². The van der Waals surface area contributed by atoms with Crippen LogP contribution >= 0.6 is 22.6 Å². The number of nitrogens with one attached hydrogen (secondary N) is 1. The molecule has 0 unspecified atom stereocenters. The van der Waals surface area contributed by atoms with Crippen molar-refractivity contribution in [2.75, 3.05) is 11.9 Å². The second-order valence-electron chi connectivity index (χ2n) is 4.09. The standard InChI is InChI=1S/C13H15IN4O/c1-3-15-12-6-4-5-10(17-12)8-18-9(2)16-7-11(14)13(18)19/h4-7H,3,8H2,1-2H3,(H,15,17). The Kier molecular flexibility index (Phi) is 4.52. The maximum absolute atomic E-state index is 12.1. The molecular formula is C13H15IN4O. The second-order valence-corrected chi connectivity index (χ2v) is 5.25. The Morgan fingerprint density at radius 3 is 2.95 bits per heavy atom. The summed E-state index contributed by atoms with van der Waals surface area (Å²) in [5.41, 5.74) is 0.816. The van der Waals surface area contributed by atoms with E-state index in [1.165, 1.54) is 0 Å². The lowest BCUT2D eigenvalue weighted by molar-refractivity contribution is 0.682. The lowest BCUT2D eigenvalue weighted by Gasteiger charge is -2.10. The largest absolute Gasteiger partial charge is 0.370 e. The monoisotopic (exact) mass is 370 g/mol. The molecule has 0 atom stereocenters. The molecule has 5 nitrogen and oxygen atoms in total. The normalized spacial score (nSPS) is 10.5. The lowest BCUT2D eigenvalue weighted by Crippen LogP contribution is -2.26. The van der Waals surface area contributed by atoms with E-state index in [-0.39, 0.29) is 5.56 Å². The van der Waals surface area contributed by atoms with Gasteiger partial charge in [-0.15, -0.1) is 0 Å². The third-order valence-corrected chi connectivity index (χ3v) is 3.43. The lowest BCUT2D eigenvalue weighted by atomic mass is 10.3. The minimum Gasteiger partial charge on any atom is -0.370 e. The number of halogens is 1. The number of pyridine rings is 1. The van der Waals surface area contributed by atoms with E-state index in [0.29, 0.717) is 15.9 Å². The van der Waals surface area contributed by atoms with Gasteiger partial charge in [0, 0.05) is 12.7 Å². The number of aryl methyl sites for hydroxylation is 1. The van der Waals surface area contributed by atoms with E-state index in [2.05, 4.69) is 15.3 Å². The molecule has 0 saturated carbocycles. The van der Waals surface area contributed by atoms with Crippen molar-refractivity contribution in [2.45, 2.75) is 20.4 Å². The van der Waals surface area contributed by atoms with Gasteiger partial charge in [0.1, 0.15) is 11.6 Å². The summed E-state index contributed by atoms with van der Waals surface area (Å²) in [6, 6.07) is 5.75. The van der Waals surface area contributed by atoms with Gasteiger partial charge in [-0.1, -0.05) is 6.07 Å². The van der Waals surface area contributed by atoms with E-state index in [9.17, 15) is 4.79 Å². The average Bonchev–Trinajstić information content (AvgIpc) is 2.40. The molecule has 2 aromatic rings. The van der Waals surface area contributed by atoms with Crippen LogP contribution in [0.15, 0.2) is 29.2 Å². The first-order valence-electron chi connectivity index (χ1n) is 6.03. The van der Waals surface area contributed by atoms with Gasteiger partial charge in [-0.3, -0.25) is 9.36 Å². The third kappa shape index (κ3) is 3.31. The van der Waals surface area contributed by atoms with Gasteiger partial charge in [0.25, 0.3) is 5.56 Å². The zero-order chi connectivity index (χ0) is 13.8. The van der Waals surface area contributed by atoms with Crippen LogP contribution < -0.4 is 10.9 Å². The van der Waals surface area contributed by atoms with Crippen LogP contribution in [0.4, 0.5) is 5.82 Å². The van der Waals surface area contributed by atoms with Gasteiger partial charge in [-0.25, -0.2) is 9.97 Å². The van der Waals surface area contributed by atoms with Gasteiger partial charge in [-0.2, -0.15) is 0 Å². The fourth-order valence-corrected chi connectivity index (χ4v) is 2.18. The summed E-state index contributed by atoms with van der Waals surface area (Å²) < 4.78 is 2.26. The molecule has 100 valence electrons. The smallest absolute Gasteiger partial charge is 0.267 e. The zero-order valence-corrected chi connectivity index (χ0v) is 13.0. The van der Waals surface area contributed by atoms with Crippen molar-refractivity contribution in [3.05, 3.63) is 49.8 Å². The summed E-state index contributed by atoms with van der Waals surface area (Å²) in [6.45, 7) is 5.10. The first-order valence-corrected chi connectivity index (χ1v) is 7.11. The fraction of sp³-hybridized carbons (Fsp3) is 0.308. The molecule has 0 bridgehead atoms. The molecule has 0 fully saturated rings. The van der Waals surface area contributed by atoms with Crippen LogP contribution in [0.2, 0.25) is 0 Å². The highest BCUT2D eigenvalue weighted by Crippen LogP contribution is 2.07. The highest BCUT2D eigenvalue weighted by Gasteiger charge is 2.07. The van der Waals surface area contributed by atoms with Gasteiger partial charge in [0.05, 0.1) is 15.8 Å². The van der Waals surface area contributed by atoms with Crippen LogP contribution in [-0.4, -0.2) is 21.1 Å². The number of anilines is 1. The van der Waals surface area contributed by atoms with E-state index in [0.717, 1.165) is 18.1 Å². The fourth-order valence-electron chi connectivity index (χ4n) is 1.75. The molecular weight excluding hydrogens is 355 g/mol. The van der Waals surface area contributed by atoms with Crippen LogP contribution in [-0.2, 0) is 6.54 Å². The molecule has 0 aliphatic rings. The van der Waals surface area contributed by atoms with Crippen LogP contribution in [0.3, 0.4) is 0 Å². The summed E-state index contributed by atoms with van der Waals surface area (Å²) in [5, 5.41) is 3.16.